The highest BCUT2D eigenvalue weighted by Crippen LogP contribution is 2.15. The van der Waals surface area contributed by atoms with Gasteiger partial charge in [-0.15, -0.1) is 0 Å². The van der Waals surface area contributed by atoms with E-state index in [9.17, 15) is 4.79 Å². The number of carbonyl (C=O) groups excluding carboxylic acids is 1. The van der Waals surface area contributed by atoms with E-state index in [0.717, 1.165) is 21.3 Å². The molecule has 3 aromatic rings. The Labute approximate surface area is 156 Å². The normalized spacial score (nSPS) is 10.3. The molecule has 126 valence electrons. The van der Waals surface area contributed by atoms with Crippen molar-refractivity contribution in [1.82, 2.24) is 5.43 Å². The number of carbonyl (C=O) groups is 1. The van der Waals surface area contributed by atoms with Crippen LogP contribution >= 0.6 is 15.9 Å². The zero-order chi connectivity index (χ0) is 17.5. The Bertz CT molecular complexity index is 804. The highest BCUT2D eigenvalue weighted by Gasteiger charge is 2.11. The van der Waals surface area contributed by atoms with Crippen LogP contribution in [0.1, 0.15) is 11.1 Å². The molecule has 25 heavy (non-hydrogen) atoms. The third-order valence-electron chi connectivity index (χ3n) is 3.79. The summed E-state index contributed by atoms with van der Waals surface area (Å²) >= 11 is 3.41. The molecule has 3 nitrogen and oxygen atoms in total. The summed E-state index contributed by atoms with van der Waals surface area (Å²) in [7, 11) is 0. The molecular formula is C21H19BrN2O. The van der Waals surface area contributed by atoms with Crippen molar-refractivity contribution in [2.24, 2.45) is 0 Å². The summed E-state index contributed by atoms with van der Waals surface area (Å²) in [6.07, 6.45) is 0.339. The van der Waals surface area contributed by atoms with Gasteiger partial charge in [-0.05, 0) is 35.4 Å². The van der Waals surface area contributed by atoms with Crippen molar-refractivity contribution in [3.8, 4) is 0 Å². The second kappa shape index (κ2) is 8.49. The molecule has 0 fully saturated rings. The quantitative estimate of drug-likeness (QED) is 0.612. The average Bonchev–Trinajstić information content (AvgIpc) is 2.65. The molecule has 0 aliphatic carbocycles. The van der Waals surface area contributed by atoms with Crippen LogP contribution in [0, 0.1) is 0 Å². The highest BCUT2D eigenvalue weighted by molar-refractivity contribution is 9.10. The van der Waals surface area contributed by atoms with E-state index in [1.807, 2.05) is 77.8 Å². The number of hydrogen-bond donors (Lipinski definition) is 1. The molecule has 0 aromatic heterocycles. The van der Waals surface area contributed by atoms with Crippen molar-refractivity contribution in [1.29, 1.82) is 0 Å². The molecule has 3 rings (SSSR count). The van der Waals surface area contributed by atoms with Crippen LogP contribution in [-0.2, 0) is 17.8 Å². The lowest BCUT2D eigenvalue weighted by Gasteiger charge is -2.25. The maximum Gasteiger partial charge on any atom is 0.242 e. The first-order valence-corrected chi connectivity index (χ1v) is 8.90. The van der Waals surface area contributed by atoms with E-state index in [2.05, 4.69) is 33.5 Å². The van der Waals surface area contributed by atoms with Gasteiger partial charge in [-0.2, -0.15) is 0 Å². The first-order chi connectivity index (χ1) is 12.2. The Morgan fingerprint density at radius 2 is 1.40 bits per heavy atom. The van der Waals surface area contributed by atoms with Crippen LogP contribution in [0.15, 0.2) is 89.4 Å². The molecule has 0 bridgehead atoms. The van der Waals surface area contributed by atoms with Gasteiger partial charge in [-0.1, -0.05) is 76.6 Å². The molecule has 0 aliphatic rings. The van der Waals surface area contributed by atoms with Crippen molar-refractivity contribution >= 4 is 27.5 Å². The number of amides is 1. The number of nitrogens with one attached hydrogen (secondary N) is 1. The molecule has 4 heteroatoms. The Balaban J connectivity index is 1.72. The predicted molar refractivity (Wildman–Crippen MR) is 105 cm³/mol. The average molecular weight is 395 g/mol. The van der Waals surface area contributed by atoms with E-state index < -0.39 is 0 Å². The summed E-state index contributed by atoms with van der Waals surface area (Å²) < 4.78 is 1.01. The Kier molecular flexibility index (Phi) is 5.86. The molecule has 0 atom stereocenters. The minimum atomic E-state index is -0.0397. The van der Waals surface area contributed by atoms with Crippen LogP contribution in [0.5, 0.6) is 0 Å². The largest absolute Gasteiger partial charge is 0.281 e. The first-order valence-electron chi connectivity index (χ1n) is 8.11. The summed E-state index contributed by atoms with van der Waals surface area (Å²) in [6, 6.07) is 27.8. The zero-order valence-corrected chi connectivity index (χ0v) is 15.3. The molecule has 0 aliphatic heterocycles. The van der Waals surface area contributed by atoms with Gasteiger partial charge in [0.1, 0.15) is 0 Å². The maximum atomic E-state index is 12.5. The smallest absolute Gasteiger partial charge is 0.242 e. The lowest BCUT2D eigenvalue weighted by atomic mass is 10.1. The second-order valence-corrected chi connectivity index (χ2v) is 6.66. The Hall–Kier alpha value is -2.59. The van der Waals surface area contributed by atoms with Crippen LogP contribution < -0.4 is 10.4 Å². The third-order valence-corrected chi connectivity index (χ3v) is 4.32. The number of hydrazine groups is 1. The molecule has 1 N–H and O–H groups in total. The monoisotopic (exact) mass is 394 g/mol. The number of nitrogens with zero attached hydrogens (tertiary/aromatic N) is 1. The predicted octanol–water partition coefficient (Wildman–Crippen LogP) is 4.73. The molecule has 3 aromatic carbocycles. The molecule has 0 saturated carbocycles. The van der Waals surface area contributed by atoms with Crippen LogP contribution in [0.25, 0.3) is 0 Å². The topological polar surface area (TPSA) is 32.3 Å². The van der Waals surface area contributed by atoms with Crippen LogP contribution in [0.4, 0.5) is 5.69 Å². The van der Waals surface area contributed by atoms with E-state index in [-0.39, 0.29) is 5.91 Å². The maximum absolute atomic E-state index is 12.5. The Morgan fingerprint density at radius 1 is 0.800 bits per heavy atom. The summed E-state index contributed by atoms with van der Waals surface area (Å²) in [5, 5.41) is 1.89. The van der Waals surface area contributed by atoms with Gasteiger partial charge >= 0.3 is 0 Å². The third kappa shape index (κ3) is 5.19. The fourth-order valence-electron chi connectivity index (χ4n) is 2.55. The van der Waals surface area contributed by atoms with Crippen molar-refractivity contribution in [2.45, 2.75) is 13.0 Å². The number of rotatable bonds is 6. The van der Waals surface area contributed by atoms with Crippen molar-refractivity contribution in [3.05, 3.63) is 101 Å². The van der Waals surface area contributed by atoms with Gasteiger partial charge in [0, 0.05) is 4.47 Å². The van der Waals surface area contributed by atoms with Crippen molar-refractivity contribution in [2.75, 3.05) is 5.01 Å². The summed E-state index contributed by atoms with van der Waals surface area (Å²) in [5.74, 6) is -0.0397. The van der Waals surface area contributed by atoms with Crippen LogP contribution in [0.3, 0.4) is 0 Å². The van der Waals surface area contributed by atoms with E-state index in [1.165, 1.54) is 0 Å². The summed E-state index contributed by atoms with van der Waals surface area (Å²) in [4.78, 5) is 12.5. The fraction of sp³-hybridized carbons (Fsp3) is 0.0952. The molecule has 1 amide bonds. The van der Waals surface area contributed by atoms with E-state index in [1.54, 1.807) is 0 Å². The standard InChI is InChI=1S/C21H19BrN2O/c22-19-13-11-17(12-14-19)15-21(25)23-24(20-9-5-2-6-10-20)16-18-7-3-1-4-8-18/h1-14H,15-16H2,(H,23,25). The Morgan fingerprint density at radius 3 is 2.04 bits per heavy atom. The molecule has 0 heterocycles. The van der Waals surface area contributed by atoms with Gasteiger partial charge in [-0.3, -0.25) is 15.2 Å². The van der Waals surface area contributed by atoms with E-state index in [4.69, 9.17) is 0 Å². The van der Waals surface area contributed by atoms with Gasteiger partial charge < -0.3 is 0 Å². The number of benzene rings is 3. The van der Waals surface area contributed by atoms with E-state index in [0.29, 0.717) is 13.0 Å². The molecule has 0 unspecified atom stereocenters. The zero-order valence-electron chi connectivity index (χ0n) is 13.7. The van der Waals surface area contributed by atoms with Crippen LogP contribution in [0.2, 0.25) is 0 Å². The number of para-hydroxylation sites is 1. The SMILES string of the molecule is O=C(Cc1ccc(Br)cc1)NN(Cc1ccccc1)c1ccccc1. The minimum Gasteiger partial charge on any atom is -0.281 e. The van der Waals surface area contributed by atoms with Crippen molar-refractivity contribution < 1.29 is 4.79 Å². The number of halogens is 1. The van der Waals surface area contributed by atoms with Crippen molar-refractivity contribution in [3.63, 3.8) is 0 Å². The number of hydrogen-bond acceptors (Lipinski definition) is 2. The summed E-state index contributed by atoms with van der Waals surface area (Å²) in [5.41, 5.74) is 6.10. The van der Waals surface area contributed by atoms with Gasteiger partial charge in [0.25, 0.3) is 0 Å². The lowest BCUT2D eigenvalue weighted by Crippen LogP contribution is -2.42. The van der Waals surface area contributed by atoms with Gasteiger partial charge in [0.05, 0.1) is 18.7 Å². The van der Waals surface area contributed by atoms with Gasteiger partial charge in [0.2, 0.25) is 5.91 Å². The van der Waals surface area contributed by atoms with Gasteiger partial charge in [-0.25, -0.2) is 0 Å². The fourth-order valence-corrected chi connectivity index (χ4v) is 2.81. The lowest BCUT2D eigenvalue weighted by molar-refractivity contribution is -0.120. The summed E-state index contributed by atoms with van der Waals surface area (Å²) in [6.45, 7) is 0.608. The number of anilines is 1. The molecular weight excluding hydrogens is 376 g/mol. The van der Waals surface area contributed by atoms with Gasteiger partial charge in [0.15, 0.2) is 0 Å². The highest BCUT2D eigenvalue weighted by atomic mass is 79.9. The van der Waals surface area contributed by atoms with E-state index >= 15 is 0 Å². The molecule has 0 saturated heterocycles. The first kappa shape index (κ1) is 17.2. The molecule has 0 radical (unpaired) electrons. The van der Waals surface area contributed by atoms with Crippen LogP contribution in [-0.4, -0.2) is 5.91 Å². The second-order valence-electron chi connectivity index (χ2n) is 5.75. The molecule has 0 spiro atoms. The minimum absolute atomic E-state index is 0.0397.